The van der Waals surface area contributed by atoms with E-state index < -0.39 is 0 Å². The Hall–Kier alpha value is -0.860. The van der Waals surface area contributed by atoms with Crippen molar-refractivity contribution in [3.63, 3.8) is 0 Å². The molecule has 0 aromatic heterocycles. The number of benzene rings is 1. The van der Waals surface area contributed by atoms with Crippen LogP contribution >= 0.6 is 0 Å². The van der Waals surface area contributed by atoms with Crippen LogP contribution in [0.25, 0.3) is 0 Å². The van der Waals surface area contributed by atoms with Gasteiger partial charge >= 0.3 is 0 Å². The third-order valence-corrected chi connectivity index (χ3v) is 2.68. The first-order chi connectivity index (χ1) is 6.18. The van der Waals surface area contributed by atoms with Crippen molar-refractivity contribution < 1.29 is 5.11 Å². The van der Waals surface area contributed by atoms with Crippen molar-refractivity contribution in [2.45, 2.75) is 30.9 Å². The third-order valence-electron chi connectivity index (χ3n) is 2.68. The normalized spacial score (nSPS) is 32.6. The number of aliphatic hydroxyl groups excluding tert-OH is 1. The first-order valence-corrected chi connectivity index (χ1v) is 4.69. The molecule has 2 heteroatoms. The highest BCUT2D eigenvalue weighted by molar-refractivity contribution is 5.19. The molecule has 1 fully saturated rings. The Morgan fingerprint density at radius 2 is 1.92 bits per heavy atom. The second kappa shape index (κ2) is 3.13. The zero-order valence-corrected chi connectivity index (χ0v) is 7.61. The van der Waals surface area contributed by atoms with E-state index in [-0.39, 0.29) is 11.6 Å². The van der Waals surface area contributed by atoms with E-state index in [1.807, 2.05) is 18.2 Å². The fourth-order valence-corrected chi connectivity index (χ4v) is 2.03. The lowest BCUT2D eigenvalue weighted by Crippen LogP contribution is -2.55. The Kier molecular flexibility index (Phi) is 2.10. The van der Waals surface area contributed by atoms with Crippen molar-refractivity contribution in [2.75, 3.05) is 0 Å². The summed E-state index contributed by atoms with van der Waals surface area (Å²) in [7, 11) is 0. The fourth-order valence-electron chi connectivity index (χ4n) is 2.03. The number of hydrogen-bond donors (Lipinski definition) is 2. The van der Waals surface area contributed by atoms with Gasteiger partial charge in [0.2, 0.25) is 0 Å². The van der Waals surface area contributed by atoms with Crippen LogP contribution in [0.5, 0.6) is 0 Å². The van der Waals surface area contributed by atoms with E-state index in [4.69, 9.17) is 5.73 Å². The van der Waals surface area contributed by atoms with E-state index in [2.05, 4.69) is 12.1 Å². The Morgan fingerprint density at radius 3 is 2.46 bits per heavy atom. The van der Waals surface area contributed by atoms with Gasteiger partial charge in [-0.1, -0.05) is 30.3 Å². The molecule has 0 amide bonds. The minimum atomic E-state index is -0.172. The van der Waals surface area contributed by atoms with Gasteiger partial charge in [0, 0.05) is 5.54 Å². The van der Waals surface area contributed by atoms with Gasteiger partial charge in [0.05, 0.1) is 6.10 Å². The highest BCUT2D eigenvalue weighted by Crippen LogP contribution is 2.32. The molecular formula is C11H15NO. The van der Waals surface area contributed by atoms with E-state index in [1.54, 1.807) is 0 Å². The van der Waals surface area contributed by atoms with E-state index in [9.17, 15) is 5.11 Å². The van der Waals surface area contributed by atoms with Crippen LogP contribution in [-0.2, 0) is 6.42 Å². The summed E-state index contributed by atoms with van der Waals surface area (Å²) < 4.78 is 0. The molecule has 1 aliphatic carbocycles. The molecule has 2 nitrogen and oxygen atoms in total. The molecule has 0 heterocycles. The number of aliphatic hydroxyl groups is 1. The maximum atomic E-state index is 9.18. The van der Waals surface area contributed by atoms with Gasteiger partial charge in [0.1, 0.15) is 0 Å². The summed E-state index contributed by atoms with van der Waals surface area (Å²) >= 11 is 0. The molecule has 0 bridgehead atoms. The zero-order valence-electron chi connectivity index (χ0n) is 7.61. The first-order valence-electron chi connectivity index (χ1n) is 4.69. The molecule has 70 valence electrons. The summed E-state index contributed by atoms with van der Waals surface area (Å²) in [6, 6.07) is 10.2. The maximum Gasteiger partial charge on any atom is 0.0575 e. The number of hydrogen-bond acceptors (Lipinski definition) is 2. The molecule has 0 unspecified atom stereocenters. The number of nitrogens with two attached hydrogens (primary N) is 1. The Morgan fingerprint density at radius 1 is 1.31 bits per heavy atom. The lowest BCUT2D eigenvalue weighted by atomic mass is 9.71. The first kappa shape index (κ1) is 8.73. The molecule has 3 N–H and O–H groups in total. The second-order valence-corrected chi connectivity index (χ2v) is 4.09. The summed E-state index contributed by atoms with van der Waals surface area (Å²) in [5.41, 5.74) is 7.17. The largest absolute Gasteiger partial charge is 0.393 e. The molecular weight excluding hydrogens is 162 g/mol. The third kappa shape index (κ3) is 1.90. The van der Waals surface area contributed by atoms with Gasteiger partial charge < -0.3 is 10.8 Å². The fraction of sp³-hybridized carbons (Fsp3) is 0.455. The maximum absolute atomic E-state index is 9.18. The Bertz CT molecular complexity index is 277. The topological polar surface area (TPSA) is 46.2 Å². The second-order valence-electron chi connectivity index (χ2n) is 4.09. The van der Waals surface area contributed by atoms with Crippen LogP contribution in [0.1, 0.15) is 18.4 Å². The average molecular weight is 177 g/mol. The van der Waals surface area contributed by atoms with Crippen molar-refractivity contribution in [2.24, 2.45) is 5.73 Å². The minimum absolute atomic E-state index is 0.152. The van der Waals surface area contributed by atoms with Gasteiger partial charge in [-0.05, 0) is 24.8 Å². The monoisotopic (exact) mass is 177 g/mol. The summed E-state index contributed by atoms with van der Waals surface area (Å²) in [5, 5.41) is 9.18. The van der Waals surface area contributed by atoms with Crippen molar-refractivity contribution in [3.05, 3.63) is 35.9 Å². The van der Waals surface area contributed by atoms with E-state index >= 15 is 0 Å². The lowest BCUT2D eigenvalue weighted by molar-refractivity contribution is 0.0232. The number of rotatable bonds is 2. The minimum Gasteiger partial charge on any atom is -0.393 e. The molecule has 13 heavy (non-hydrogen) atoms. The van der Waals surface area contributed by atoms with Crippen LogP contribution < -0.4 is 5.73 Å². The Labute approximate surface area is 78.4 Å². The molecule has 0 saturated heterocycles. The van der Waals surface area contributed by atoms with Gasteiger partial charge in [0.25, 0.3) is 0 Å². The molecule has 0 spiro atoms. The molecule has 1 saturated carbocycles. The molecule has 0 radical (unpaired) electrons. The van der Waals surface area contributed by atoms with Gasteiger partial charge in [-0.25, -0.2) is 0 Å². The van der Waals surface area contributed by atoms with E-state index in [0.29, 0.717) is 0 Å². The average Bonchev–Trinajstić information content (AvgIpc) is 2.03. The van der Waals surface area contributed by atoms with Crippen LogP contribution in [0.2, 0.25) is 0 Å². The highest BCUT2D eigenvalue weighted by Gasteiger charge is 2.39. The van der Waals surface area contributed by atoms with Crippen LogP contribution in [0.3, 0.4) is 0 Å². The quantitative estimate of drug-likeness (QED) is 0.710. The summed E-state index contributed by atoms with van der Waals surface area (Å²) in [5.74, 6) is 0. The van der Waals surface area contributed by atoms with E-state index in [1.165, 1.54) is 5.56 Å². The Balaban J connectivity index is 1.99. The van der Waals surface area contributed by atoms with Gasteiger partial charge in [-0.2, -0.15) is 0 Å². The van der Waals surface area contributed by atoms with Gasteiger partial charge in [-0.3, -0.25) is 0 Å². The highest BCUT2D eigenvalue weighted by atomic mass is 16.3. The summed E-state index contributed by atoms with van der Waals surface area (Å²) in [6.07, 6.45) is 2.18. The standard InChI is InChI=1S/C11H15NO/c12-11(7-10(13)8-11)6-9-4-2-1-3-5-9/h1-5,10,13H,6-8,12H2/t10-,11+. The van der Waals surface area contributed by atoms with E-state index in [0.717, 1.165) is 19.3 Å². The predicted octanol–water partition coefficient (Wildman–Crippen LogP) is 1.08. The van der Waals surface area contributed by atoms with Gasteiger partial charge in [-0.15, -0.1) is 0 Å². The summed E-state index contributed by atoms with van der Waals surface area (Å²) in [6.45, 7) is 0. The molecule has 1 aromatic rings. The van der Waals surface area contributed by atoms with Crippen molar-refractivity contribution in [1.29, 1.82) is 0 Å². The van der Waals surface area contributed by atoms with Crippen molar-refractivity contribution in [1.82, 2.24) is 0 Å². The molecule has 0 aliphatic heterocycles. The van der Waals surface area contributed by atoms with Crippen molar-refractivity contribution in [3.8, 4) is 0 Å². The van der Waals surface area contributed by atoms with Crippen LogP contribution in [0.15, 0.2) is 30.3 Å². The summed E-state index contributed by atoms with van der Waals surface area (Å²) in [4.78, 5) is 0. The molecule has 2 rings (SSSR count). The van der Waals surface area contributed by atoms with Crippen LogP contribution in [-0.4, -0.2) is 16.7 Å². The lowest BCUT2D eigenvalue weighted by Gasteiger charge is -2.42. The SMILES string of the molecule is N[C@]1(Cc2ccccc2)C[C@H](O)C1. The predicted molar refractivity (Wildman–Crippen MR) is 52.3 cm³/mol. The van der Waals surface area contributed by atoms with Crippen molar-refractivity contribution >= 4 is 0 Å². The zero-order chi connectivity index (χ0) is 9.31. The molecule has 1 aromatic carbocycles. The van der Waals surface area contributed by atoms with Crippen LogP contribution in [0, 0.1) is 0 Å². The van der Waals surface area contributed by atoms with Crippen LogP contribution in [0.4, 0.5) is 0 Å². The molecule has 0 atom stereocenters. The molecule has 1 aliphatic rings. The smallest absolute Gasteiger partial charge is 0.0575 e. The van der Waals surface area contributed by atoms with Gasteiger partial charge in [0.15, 0.2) is 0 Å².